The Morgan fingerprint density at radius 1 is 0.571 bits per heavy atom. The van der Waals surface area contributed by atoms with Gasteiger partial charge in [-0.2, -0.15) is 0 Å². The first-order valence-electron chi connectivity index (χ1n) is 9.84. The van der Waals surface area contributed by atoms with Gasteiger partial charge in [-0.05, 0) is 36.8 Å². The van der Waals surface area contributed by atoms with E-state index in [-0.39, 0.29) is 12.2 Å². The first-order valence-corrected chi connectivity index (χ1v) is 9.84. The topological polar surface area (TPSA) is 18.5 Å². The van der Waals surface area contributed by atoms with Gasteiger partial charge in [0.1, 0.15) is 23.7 Å². The summed E-state index contributed by atoms with van der Waals surface area (Å²) in [6.45, 7) is 4.27. The van der Waals surface area contributed by atoms with Crippen LogP contribution in [0.2, 0.25) is 0 Å². The van der Waals surface area contributed by atoms with Crippen molar-refractivity contribution < 1.29 is 9.47 Å². The molecular weight excluding hydrogens is 344 g/mol. The summed E-state index contributed by atoms with van der Waals surface area (Å²) in [4.78, 5) is 0. The summed E-state index contributed by atoms with van der Waals surface area (Å²) in [7, 11) is 0. The molecule has 2 heterocycles. The van der Waals surface area contributed by atoms with Gasteiger partial charge in [-0.15, -0.1) is 0 Å². The number of benzene rings is 4. The summed E-state index contributed by atoms with van der Waals surface area (Å²) >= 11 is 0. The summed E-state index contributed by atoms with van der Waals surface area (Å²) in [5, 5.41) is 2.47. The van der Waals surface area contributed by atoms with Gasteiger partial charge in [-0.3, -0.25) is 0 Å². The molecule has 0 aromatic heterocycles. The second-order valence-electron chi connectivity index (χ2n) is 7.67. The van der Waals surface area contributed by atoms with Crippen LogP contribution in [0.1, 0.15) is 37.2 Å². The van der Waals surface area contributed by atoms with Crippen LogP contribution >= 0.6 is 0 Å². The van der Waals surface area contributed by atoms with Crippen molar-refractivity contribution in [1.29, 1.82) is 0 Å². The Morgan fingerprint density at radius 2 is 1.25 bits per heavy atom. The summed E-state index contributed by atoms with van der Waals surface area (Å²) in [5.74, 6) is 1.92. The van der Waals surface area contributed by atoms with Gasteiger partial charge in [0.25, 0.3) is 0 Å². The van der Waals surface area contributed by atoms with Crippen LogP contribution < -0.4 is 9.47 Å². The second-order valence-corrected chi connectivity index (χ2v) is 7.67. The Labute approximate surface area is 164 Å². The van der Waals surface area contributed by atoms with Crippen molar-refractivity contribution in [1.82, 2.24) is 0 Å². The van der Waals surface area contributed by atoms with Gasteiger partial charge in [0.05, 0.1) is 0 Å². The average Bonchev–Trinajstić information content (AvgIpc) is 2.73. The van der Waals surface area contributed by atoms with E-state index in [1.54, 1.807) is 0 Å². The Bertz CT molecular complexity index is 1250. The van der Waals surface area contributed by atoms with Gasteiger partial charge in [-0.25, -0.2) is 0 Å². The minimum atomic E-state index is 0.0132. The van der Waals surface area contributed by atoms with Gasteiger partial charge in [0.15, 0.2) is 0 Å². The lowest BCUT2D eigenvalue weighted by molar-refractivity contribution is 0.218. The molecule has 4 aromatic carbocycles. The molecule has 0 amide bonds. The molecule has 0 saturated heterocycles. The first-order chi connectivity index (χ1) is 13.7. The zero-order chi connectivity index (χ0) is 18.8. The molecule has 2 atom stereocenters. The van der Waals surface area contributed by atoms with E-state index in [1.165, 1.54) is 44.2 Å². The standard InChI is InChI=1S/C26H20O2/c1-15-18-12-13-19-16(2)28-23-14-11-17-7-3-4-8-20(17)25(23)26(19)24(18)21-9-5-6-10-22(21)27-15/h3-16H,1-2H3/t15-,16-/m1/s1. The van der Waals surface area contributed by atoms with Crippen molar-refractivity contribution >= 4 is 10.8 Å². The Balaban J connectivity index is 1.80. The fourth-order valence-electron chi connectivity index (χ4n) is 4.76. The summed E-state index contributed by atoms with van der Waals surface area (Å²) < 4.78 is 12.6. The number of hydrogen-bond donors (Lipinski definition) is 0. The molecule has 0 aliphatic carbocycles. The van der Waals surface area contributed by atoms with E-state index in [9.17, 15) is 0 Å². The average molecular weight is 364 g/mol. The van der Waals surface area contributed by atoms with Crippen LogP contribution in [0.25, 0.3) is 33.0 Å². The lowest BCUT2D eigenvalue weighted by Crippen LogP contribution is -2.17. The molecule has 0 radical (unpaired) electrons. The third kappa shape index (κ3) is 2.03. The van der Waals surface area contributed by atoms with Gasteiger partial charge < -0.3 is 9.47 Å². The summed E-state index contributed by atoms with van der Waals surface area (Å²) in [6.07, 6.45) is 0.0334. The second kappa shape index (κ2) is 5.62. The van der Waals surface area contributed by atoms with Crippen molar-refractivity contribution in [3.63, 3.8) is 0 Å². The van der Waals surface area contributed by atoms with Crippen molar-refractivity contribution in [2.24, 2.45) is 0 Å². The molecule has 2 heteroatoms. The summed E-state index contributed by atoms with van der Waals surface area (Å²) in [5.41, 5.74) is 7.44. The fraction of sp³-hybridized carbons (Fsp3) is 0.154. The molecule has 0 bridgehead atoms. The van der Waals surface area contributed by atoms with Gasteiger partial charge in [0.2, 0.25) is 0 Å². The first kappa shape index (κ1) is 15.8. The fourth-order valence-corrected chi connectivity index (χ4v) is 4.76. The quantitative estimate of drug-likeness (QED) is 0.332. The molecule has 136 valence electrons. The number of fused-ring (bicyclic) bond motifs is 9. The van der Waals surface area contributed by atoms with Gasteiger partial charge in [0, 0.05) is 33.4 Å². The Morgan fingerprint density at radius 3 is 2.11 bits per heavy atom. The largest absolute Gasteiger partial charge is 0.485 e. The highest BCUT2D eigenvalue weighted by Crippen LogP contribution is 2.54. The van der Waals surface area contributed by atoms with Crippen LogP contribution in [-0.2, 0) is 0 Å². The van der Waals surface area contributed by atoms with Crippen molar-refractivity contribution in [2.75, 3.05) is 0 Å². The smallest absolute Gasteiger partial charge is 0.128 e. The molecule has 0 saturated carbocycles. The minimum Gasteiger partial charge on any atom is -0.485 e. The Kier molecular flexibility index (Phi) is 3.16. The molecule has 2 aliphatic rings. The van der Waals surface area contributed by atoms with Crippen LogP contribution in [0, 0.1) is 0 Å². The molecule has 0 fully saturated rings. The van der Waals surface area contributed by atoms with Gasteiger partial charge in [-0.1, -0.05) is 60.7 Å². The molecule has 6 rings (SSSR count). The number of ether oxygens (including phenoxy) is 2. The van der Waals surface area contributed by atoms with Gasteiger partial charge >= 0.3 is 0 Å². The van der Waals surface area contributed by atoms with E-state index in [2.05, 4.69) is 80.6 Å². The van der Waals surface area contributed by atoms with Crippen molar-refractivity contribution in [3.8, 4) is 33.8 Å². The third-order valence-corrected chi connectivity index (χ3v) is 6.05. The molecule has 2 aliphatic heterocycles. The lowest BCUT2D eigenvalue weighted by atomic mass is 9.80. The van der Waals surface area contributed by atoms with Crippen LogP contribution in [0.4, 0.5) is 0 Å². The number of hydrogen-bond acceptors (Lipinski definition) is 2. The lowest BCUT2D eigenvalue weighted by Gasteiger charge is -2.34. The SMILES string of the molecule is C[C@H]1Oc2ccccc2-c2c1ccc1c2-c2c(ccc3ccccc23)O[C@@H]1C. The molecular formula is C26H20O2. The zero-order valence-electron chi connectivity index (χ0n) is 15.9. The maximum atomic E-state index is 6.34. The summed E-state index contributed by atoms with van der Waals surface area (Å²) in [6, 6.07) is 25.6. The van der Waals surface area contributed by atoms with Crippen molar-refractivity contribution in [2.45, 2.75) is 26.1 Å². The molecule has 4 aromatic rings. The molecule has 0 spiro atoms. The molecule has 0 N–H and O–H groups in total. The predicted molar refractivity (Wildman–Crippen MR) is 113 cm³/mol. The van der Waals surface area contributed by atoms with E-state index in [0.717, 1.165) is 11.5 Å². The third-order valence-electron chi connectivity index (χ3n) is 6.05. The van der Waals surface area contributed by atoms with Crippen LogP contribution in [0.5, 0.6) is 11.5 Å². The van der Waals surface area contributed by atoms with E-state index in [4.69, 9.17) is 9.47 Å². The number of rotatable bonds is 0. The Hall–Kier alpha value is -3.26. The van der Waals surface area contributed by atoms with Crippen molar-refractivity contribution in [3.05, 3.63) is 83.9 Å². The van der Waals surface area contributed by atoms with E-state index in [1.807, 2.05) is 6.07 Å². The zero-order valence-corrected chi connectivity index (χ0v) is 15.9. The maximum Gasteiger partial charge on any atom is 0.128 e. The van der Waals surface area contributed by atoms with E-state index in [0.29, 0.717) is 0 Å². The molecule has 2 nitrogen and oxygen atoms in total. The molecule has 28 heavy (non-hydrogen) atoms. The normalized spacial score (nSPS) is 18.9. The minimum absolute atomic E-state index is 0.0132. The number of para-hydroxylation sites is 1. The van der Waals surface area contributed by atoms with E-state index < -0.39 is 0 Å². The predicted octanol–water partition coefficient (Wildman–Crippen LogP) is 7.08. The monoisotopic (exact) mass is 364 g/mol. The van der Waals surface area contributed by atoms with E-state index >= 15 is 0 Å². The maximum absolute atomic E-state index is 6.34. The van der Waals surface area contributed by atoms with Crippen LogP contribution in [0.3, 0.4) is 0 Å². The van der Waals surface area contributed by atoms with Crippen LogP contribution in [0.15, 0.2) is 72.8 Å². The molecule has 0 unspecified atom stereocenters. The highest BCUT2D eigenvalue weighted by Gasteiger charge is 2.33. The highest BCUT2D eigenvalue weighted by molar-refractivity contribution is 6.06. The van der Waals surface area contributed by atoms with Crippen LogP contribution in [-0.4, -0.2) is 0 Å². The highest BCUT2D eigenvalue weighted by atomic mass is 16.5.